The van der Waals surface area contributed by atoms with Crippen molar-refractivity contribution in [1.29, 1.82) is 0 Å². The van der Waals surface area contributed by atoms with E-state index >= 15 is 0 Å². The van der Waals surface area contributed by atoms with Crippen LogP contribution in [0.15, 0.2) is 24.3 Å². The molecule has 1 aromatic rings. The van der Waals surface area contributed by atoms with E-state index in [0.717, 1.165) is 25.2 Å². The van der Waals surface area contributed by atoms with E-state index in [1.165, 1.54) is 12.1 Å². The Balaban J connectivity index is 1.61. The summed E-state index contributed by atoms with van der Waals surface area (Å²) in [5, 5.41) is 0. The minimum absolute atomic E-state index is 0.0682. The highest BCUT2D eigenvalue weighted by Crippen LogP contribution is 2.27. The molecule has 2 fully saturated rings. The van der Waals surface area contributed by atoms with Crippen LogP contribution >= 0.6 is 0 Å². The van der Waals surface area contributed by atoms with Crippen LogP contribution in [0.1, 0.15) is 33.6 Å². The summed E-state index contributed by atoms with van der Waals surface area (Å²) < 4.78 is 13.1. The van der Waals surface area contributed by atoms with Crippen LogP contribution in [-0.4, -0.2) is 59.9 Å². The lowest BCUT2D eigenvalue weighted by molar-refractivity contribution is -0.135. The van der Waals surface area contributed by atoms with Crippen LogP contribution in [0, 0.1) is 11.7 Å². The summed E-state index contributed by atoms with van der Waals surface area (Å²) in [4.78, 5) is 31.1. The van der Waals surface area contributed by atoms with Gasteiger partial charge in [0.1, 0.15) is 5.82 Å². The maximum atomic E-state index is 13.1. The number of amides is 2. The quantitative estimate of drug-likeness (QED) is 0.813. The highest BCUT2D eigenvalue weighted by Gasteiger charge is 2.40. The molecule has 0 aliphatic carbocycles. The molecule has 0 aromatic heterocycles. The van der Waals surface area contributed by atoms with Gasteiger partial charge in [-0.3, -0.25) is 9.59 Å². The van der Waals surface area contributed by atoms with Crippen LogP contribution < -0.4 is 4.90 Å². The van der Waals surface area contributed by atoms with Gasteiger partial charge in [0.15, 0.2) is 0 Å². The number of carbonyl (C=O) groups is 2. The third-order valence-corrected chi connectivity index (χ3v) is 5.28. The Kier molecular flexibility index (Phi) is 5.21. The monoisotopic (exact) mass is 361 g/mol. The number of nitrogens with zero attached hydrogens (tertiary/aromatic N) is 3. The van der Waals surface area contributed by atoms with Crippen molar-refractivity contribution in [3.8, 4) is 0 Å². The van der Waals surface area contributed by atoms with Crippen LogP contribution in [0.2, 0.25) is 0 Å². The van der Waals surface area contributed by atoms with Crippen LogP contribution in [0.4, 0.5) is 10.1 Å². The number of hydrogen-bond acceptors (Lipinski definition) is 3. The van der Waals surface area contributed by atoms with E-state index in [4.69, 9.17) is 0 Å². The van der Waals surface area contributed by atoms with E-state index in [2.05, 4.69) is 4.90 Å². The van der Waals surface area contributed by atoms with E-state index in [1.54, 1.807) is 12.1 Å². The van der Waals surface area contributed by atoms with E-state index in [9.17, 15) is 14.0 Å². The molecule has 0 unspecified atom stereocenters. The zero-order valence-electron chi connectivity index (χ0n) is 15.9. The van der Waals surface area contributed by atoms with Crippen molar-refractivity contribution in [2.45, 2.75) is 39.2 Å². The fourth-order valence-corrected chi connectivity index (χ4v) is 3.83. The Morgan fingerprint density at radius 1 is 1.08 bits per heavy atom. The normalized spacial score (nSPS) is 21.9. The second-order valence-electron chi connectivity index (χ2n) is 8.22. The van der Waals surface area contributed by atoms with Gasteiger partial charge in [0.05, 0.1) is 5.92 Å². The number of likely N-dealkylation sites (tertiary alicyclic amines) is 1. The zero-order chi connectivity index (χ0) is 18.9. The van der Waals surface area contributed by atoms with Gasteiger partial charge in [-0.05, 0) is 51.5 Å². The minimum atomic E-state index is -0.246. The molecule has 0 saturated carbocycles. The van der Waals surface area contributed by atoms with Crippen molar-refractivity contribution in [1.82, 2.24) is 9.80 Å². The summed E-state index contributed by atoms with van der Waals surface area (Å²) in [5.41, 5.74) is 0.736. The van der Waals surface area contributed by atoms with Crippen LogP contribution in [0.5, 0.6) is 0 Å². The van der Waals surface area contributed by atoms with Gasteiger partial charge in [0.2, 0.25) is 11.8 Å². The molecule has 5 nitrogen and oxygen atoms in total. The van der Waals surface area contributed by atoms with E-state index < -0.39 is 0 Å². The van der Waals surface area contributed by atoms with Gasteiger partial charge >= 0.3 is 0 Å². The summed E-state index contributed by atoms with van der Waals surface area (Å²) in [6.07, 6.45) is 1.18. The lowest BCUT2D eigenvalue weighted by Crippen LogP contribution is -2.44. The Hall–Kier alpha value is -2.11. The molecule has 0 radical (unpaired) electrons. The summed E-state index contributed by atoms with van der Waals surface area (Å²) >= 11 is 0. The third kappa shape index (κ3) is 4.00. The maximum Gasteiger partial charge on any atom is 0.228 e. The maximum absolute atomic E-state index is 13.1. The zero-order valence-corrected chi connectivity index (χ0v) is 15.9. The first-order chi connectivity index (χ1) is 12.3. The fraction of sp³-hybridized carbons (Fsp3) is 0.600. The molecule has 0 bridgehead atoms. The first-order valence-electron chi connectivity index (χ1n) is 9.35. The van der Waals surface area contributed by atoms with Gasteiger partial charge in [0, 0.05) is 50.4 Å². The number of anilines is 1. The van der Waals surface area contributed by atoms with Crippen molar-refractivity contribution in [3.05, 3.63) is 30.1 Å². The number of carbonyl (C=O) groups excluding carboxylic acids is 2. The van der Waals surface area contributed by atoms with E-state index in [1.807, 2.05) is 30.6 Å². The SMILES string of the molecule is CC(C)(C)N1C[C@H](C(=O)N2CCCN(c3ccc(F)cc3)CC2)CC1=O. The van der Waals surface area contributed by atoms with Gasteiger partial charge in [-0.1, -0.05) is 0 Å². The van der Waals surface area contributed by atoms with Crippen LogP contribution in [0.3, 0.4) is 0 Å². The molecule has 1 aromatic carbocycles. The molecule has 0 N–H and O–H groups in total. The molecule has 6 heteroatoms. The molecule has 2 aliphatic rings. The van der Waals surface area contributed by atoms with Gasteiger partial charge in [-0.15, -0.1) is 0 Å². The predicted octanol–water partition coefficient (Wildman–Crippen LogP) is 2.51. The molecule has 142 valence electrons. The molecule has 1 atom stereocenters. The van der Waals surface area contributed by atoms with E-state index in [-0.39, 0.29) is 29.1 Å². The fourth-order valence-electron chi connectivity index (χ4n) is 3.83. The molecular formula is C20H28FN3O2. The molecular weight excluding hydrogens is 333 g/mol. The molecule has 2 heterocycles. The van der Waals surface area contributed by atoms with Gasteiger partial charge in [-0.2, -0.15) is 0 Å². The van der Waals surface area contributed by atoms with Gasteiger partial charge in [0.25, 0.3) is 0 Å². The molecule has 3 rings (SSSR count). The standard InChI is InChI=1S/C20H28FN3O2/c1-20(2,3)24-14-15(13-18(24)25)19(26)23-10-4-9-22(11-12-23)17-7-5-16(21)6-8-17/h5-8,15H,4,9-14H2,1-3H3/t15-/m1/s1. The van der Waals surface area contributed by atoms with Crippen molar-refractivity contribution < 1.29 is 14.0 Å². The topological polar surface area (TPSA) is 43.9 Å². The first-order valence-corrected chi connectivity index (χ1v) is 9.35. The lowest BCUT2D eigenvalue weighted by atomic mass is 10.1. The van der Waals surface area contributed by atoms with Gasteiger partial charge < -0.3 is 14.7 Å². The first kappa shape index (κ1) is 18.7. The average molecular weight is 361 g/mol. The summed E-state index contributed by atoms with van der Waals surface area (Å²) in [5.74, 6) is -0.321. The summed E-state index contributed by atoms with van der Waals surface area (Å²) in [6.45, 7) is 9.43. The smallest absolute Gasteiger partial charge is 0.228 e. The number of benzene rings is 1. The summed E-state index contributed by atoms with van der Waals surface area (Å²) in [6, 6.07) is 6.50. The molecule has 2 saturated heterocycles. The molecule has 2 amide bonds. The second kappa shape index (κ2) is 7.25. The highest BCUT2D eigenvalue weighted by molar-refractivity contribution is 5.89. The Morgan fingerprint density at radius 3 is 2.38 bits per heavy atom. The van der Waals surface area contributed by atoms with Crippen LogP contribution in [-0.2, 0) is 9.59 Å². The Morgan fingerprint density at radius 2 is 1.77 bits per heavy atom. The number of halogens is 1. The average Bonchev–Trinajstić information content (AvgIpc) is 2.82. The Labute approximate surface area is 154 Å². The Bertz CT molecular complexity index is 669. The summed E-state index contributed by atoms with van der Waals surface area (Å²) in [7, 11) is 0. The molecule has 26 heavy (non-hydrogen) atoms. The number of rotatable bonds is 2. The van der Waals surface area contributed by atoms with Crippen molar-refractivity contribution in [2.24, 2.45) is 5.92 Å². The molecule has 0 spiro atoms. The number of hydrogen-bond donors (Lipinski definition) is 0. The van der Waals surface area contributed by atoms with Crippen molar-refractivity contribution >= 4 is 17.5 Å². The predicted molar refractivity (Wildman–Crippen MR) is 99.4 cm³/mol. The lowest BCUT2D eigenvalue weighted by Gasteiger charge is -2.32. The third-order valence-electron chi connectivity index (χ3n) is 5.28. The van der Waals surface area contributed by atoms with E-state index in [0.29, 0.717) is 26.1 Å². The largest absolute Gasteiger partial charge is 0.370 e. The highest BCUT2D eigenvalue weighted by atomic mass is 19.1. The minimum Gasteiger partial charge on any atom is -0.370 e. The molecule has 2 aliphatic heterocycles. The van der Waals surface area contributed by atoms with Crippen molar-refractivity contribution in [2.75, 3.05) is 37.6 Å². The van der Waals surface area contributed by atoms with Crippen molar-refractivity contribution in [3.63, 3.8) is 0 Å². The van der Waals surface area contributed by atoms with Gasteiger partial charge in [-0.25, -0.2) is 4.39 Å². The van der Waals surface area contributed by atoms with Crippen LogP contribution in [0.25, 0.3) is 0 Å². The second-order valence-corrected chi connectivity index (χ2v) is 8.22.